The third-order valence-electron chi connectivity index (χ3n) is 4.02. The normalized spacial score (nSPS) is 58.8. The highest BCUT2D eigenvalue weighted by atomic mass is 16.3. The van der Waals surface area contributed by atoms with Gasteiger partial charge in [-0.25, -0.2) is 0 Å². The molecule has 0 saturated heterocycles. The van der Waals surface area contributed by atoms with Crippen molar-refractivity contribution in [3.8, 4) is 0 Å². The molecule has 2 N–H and O–H groups in total. The van der Waals surface area contributed by atoms with E-state index in [1.54, 1.807) is 0 Å². The van der Waals surface area contributed by atoms with Crippen molar-refractivity contribution in [3.05, 3.63) is 0 Å². The van der Waals surface area contributed by atoms with Gasteiger partial charge in [0.25, 0.3) is 0 Å². The Balaban J connectivity index is 2.08. The molecule has 4 fully saturated rings. The van der Waals surface area contributed by atoms with E-state index in [9.17, 15) is 15.0 Å². The van der Waals surface area contributed by atoms with E-state index in [0.29, 0.717) is 37.5 Å². The highest BCUT2D eigenvalue weighted by molar-refractivity contribution is 5.96. The highest BCUT2D eigenvalue weighted by Crippen LogP contribution is 2.55. The van der Waals surface area contributed by atoms with Crippen molar-refractivity contribution < 1.29 is 15.0 Å². The molecule has 3 nitrogen and oxygen atoms in total. The predicted molar refractivity (Wildman–Crippen MR) is 45.0 cm³/mol. The summed E-state index contributed by atoms with van der Waals surface area (Å²) in [6.45, 7) is 0. The third kappa shape index (κ3) is 0.842. The van der Waals surface area contributed by atoms with E-state index in [2.05, 4.69) is 0 Å². The Bertz CT molecular complexity index is 246. The summed E-state index contributed by atoms with van der Waals surface area (Å²) < 4.78 is 0. The molecule has 0 unspecified atom stereocenters. The zero-order chi connectivity index (χ0) is 9.27. The molecule has 4 saturated carbocycles. The minimum atomic E-state index is -1.17. The van der Waals surface area contributed by atoms with Crippen molar-refractivity contribution in [1.82, 2.24) is 0 Å². The van der Waals surface area contributed by atoms with Gasteiger partial charge in [0.15, 0.2) is 5.78 Å². The standard InChI is InChI=1S/C10H14O3/c11-8-9(12)2-6-1-7(4-9)5-10(8,13)3-6/h6-7,12-13H,1-5H2. The predicted octanol–water partition coefficient (Wildman–Crippen LogP) is 0.241. The van der Waals surface area contributed by atoms with Crippen LogP contribution in [0.15, 0.2) is 0 Å². The van der Waals surface area contributed by atoms with Crippen molar-refractivity contribution in [2.24, 2.45) is 11.8 Å². The van der Waals surface area contributed by atoms with Crippen LogP contribution in [0.2, 0.25) is 0 Å². The molecule has 13 heavy (non-hydrogen) atoms. The van der Waals surface area contributed by atoms with E-state index in [1.807, 2.05) is 0 Å². The second-order valence-electron chi connectivity index (χ2n) is 5.18. The lowest BCUT2D eigenvalue weighted by Crippen LogP contribution is -2.66. The fourth-order valence-corrected chi connectivity index (χ4v) is 3.83. The fourth-order valence-electron chi connectivity index (χ4n) is 3.83. The van der Waals surface area contributed by atoms with Gasteiger partial charge >= 0.3 is 0 Å². The molecule has 0 amide bonds. The van der Waals surface area contributed by atoms with Crippen LogP contribution >= 0.6 is 0 Å². The Hall–Kier alpha value is -0.410. The van der Waals surface area contributed by atoms with Crippen LogP contribution in [0.5, 0.6) is 0 Å². The first-order valence-corrected chi connectivity index (χ1v) is 5.02. The number of carbonyl (C=O) groups is 1. The van der Waals surface area contributed by atoms with Crippen LogP contribution in [0.1, 0.15) is 32.1 Å². The van der Waals surface area contributed by atoms with Crippen molar-refractivity contribution in [1.29, 1.82) is 0 Å². The van der Waals surface area contributed by atoms with Gasteiger partial charge < -0.3 is 10.2 Å². The summed E-state index contributed by atoms with van der Waals surface area (Å²) in [5, 5.41) is 20.1. The molecule has 4 rings (SSSR count). The molecule has 0 radical (unpaired) electrons. The minimum Gasteiger partial charge on any atom is -0.382 e. The molecule has 4 aliphatic carbocycles. The van der Waals surface area contributed by atoms with Crippen molar-refractivity contribution in [3.63, 3.8) is 0 Å². The lowest BCUT2D eigenvalue weighted by molar-refractivity contribution is -0.199. The van der Waals surface area contributed by atoms with Gasteiger partial charge in [-0.3, -0.25) is 4.79 Å². The fraction of sp³-hybridized carbons (Fsp3) is 0.900. The Morgan fingerprint density at radius 1 is 1.00 bits per heavy atom. The Morgan fingerprint density at radius 2 is 1.38 bits per heavy atom. The second kappa shape index (κ2) is 1.98. The Kier molecular flexibility index (Phi) is 1.21. The first kappa shape index (κ1) is 7.94. The molecule has 0 spiro atoms. The van der Waals surface area contributed by atoms with Crippen LogP contribution in [-0.4, -0.2) is 27.2 Å². The summed E-state index contributed by atoms with van der Waals surface area (Å²) in [5.41, 5.74) is -2.34. The number of Topliss-reactive ketones (excluding diaryl/α,β-unsaturated/α-hetero) is 1. The average Bonchev–Trinajstić information content (AvgIpc) is 1.97. The summed E-state index contributed by atoms with van der Waals surface area (Å²) in [6.07, 6.45) is 3.45. The largest absolute Gasteiger partial charge is 0.382 e. The first-order chi connectivity index (χ1) is 6.02. The summed E-state index contributed by atoms with van der Waals surface area (Å²) in [7, 11) is 0. The molecule has 0 atom stereocenters. The van der Waals surface area contributed by atoms with Gasteiger partial charge in [0, 0.05) is 0 Å². The average molecular weight is 182 g/mol. The second-order valence-corrected chi connectivity index (χ2v) is 5.18. The maximum absolute atomic E-state index is 11.7. The lowest BCUT2D eigenvalue weighted by atomic mass is 9.52. The van der Waals surface area contributed by atoms with Crippen LogP contribution in [0.3, 0.4) is 0 Å². The number of rotatable bonds is 0. The summed E-state index contributed by atoms with van der Waals surface area (Å²) in [4.78, 5) is 11.7. The summed E-state index contributed by atoms with van der Waals surface area (Å²) >= 11 is 0. The van der Waals surface area contributed by atoms with Gasteiger partial charge in [0.05, 0.1) is 0 Å². The zero-order valence-electron chi connectivity index (χ0n) is 7.49. The molecule has 3 heteroatoms. The monoisotopic (exact) mass is 182 g/mol. The lowest BCUT2D eigenvalue weighted by Gasteiger charge is -2.56. The van der Waals surface area contributed by atoms with Crippen LogP contribution in [-0.2, 0) is 4.79 Å². The summed E-state index contributed by atoms with van der Waals surface area (Å²) in [5.74, 6) is 0.451. The minimum absolute atomic E-state index is 0.299. The van der Waals surface area contributed by atoms with E-state index in [0.717, 1.165) is 6.42 Å². The van der Waals surface area contributed by atoms with Gasteiger partial charge in [-0.1, -0.05) is 0 Å². The maximum Gasteiger partial charge on any atom is 0.195 e. The topological polar surface area (TPSA) is 57.5 Å². The molecule has 4 aliphatic rings. The molecular formula is C10H14O3. The Morgan fingerprint density at radius 3 is 1.77 bits per heavy atom. The van der Waals surface area contributed by atoms with E-state index in [4.69, 9.17) is 0 Å². The highest BCUT2D eigenvalue weighted by Gasteiger charge is 2.62. The van der Waals surface area contributed by atoms with Crippen molar-refractivity contribution in [2.45, 2.75) is 43.3 Å². The molecule has 0 aromatic carbocycles. The van der Waals surface area contributed by atoms with E-state index in [-0.39, 0.29) is 5.78 Å². The van der Waals surface area contributed by atoms with E-state index >= 15 is 0 Å². The molecule has 0 aromatic rings. The summed E-state index contributed by atoms with van der Waals surface area (Å²) in [6, 6.07) is 0. The van der Waals surface area contributed by atoms with E-state index < -0.39 is 11.2 Å². The molecule has 4 bridgehead atoms. The van der Waals surface area contributed by atoms with E-state index in [1.165, 1.54) is 0 Å². The zero-order valence-corrected chi connectivity index (χ0v) is 7.49. The number of carbonyl (C=O) groups excluding carboxylic acids is 1. The first-order valence-electron chi connectivity index (χ1n) is 5.02. The SMILES string of the molecule is O=C1C2(O)CC3CC(C2)CC1(O)C3. The molecule has 0 aliphatic heterocycles. The van der Waals surface area contributed by atoms with Crippen molar-refractivity contribution in [2.75, 3.05) is 0 Å². The van der Waals surface area contributed by atoms with Gasteiger partial charge in [-0.2, -0.15) is 0 Å². The molecule has 0 heterocycles. The van der Waals surface area contributed by atoms with Gasteiger partial charge in [0.1, 0.15) is 11.2 Å². The number of hydrogen-bond acceptors (Lipinski definition) is 3. The number of ketones is 1. The molecular weight excluding hydrogens is 168 g/mol. The van der Waals surface area contributed by atoms with Crippen LogP contribution in [0.4, 0.5) is 0 Å². The number of hydrogen-bond donors (Lipinski definition) is 2. The third-order valence-corrected chi connectivity index (χ3v) is 4.02. The van der Waals surface area contributed by atoms with Crippen molar-refractivity contribution >= 4 is 5.78 Å². The Labute approximate surface area is 76.8 Å². The quantitative estimate of drug-likeness (QED) is 0.564. The van der Waals surface area contributed by atoms with Gasteiger partial charge in [-0.15, -0.1) is 0 Å². The maximum atomic E-state index is 11.7. The van der Waals surface area contributed by atoms with Crippen LogP contribution < -0.4 is 0 Å². The molecule has 72 valence electrons. The van der Waals surface area contributed by atoms with Crippen LogP contribution in [0.25, 0.3) is 0 Å². The van der Waals surface area contributed by atoms with Gasteiger partial charge in [-0.05, 0) is 43.9 Å². The molecule has 0 aromatic heterocycles. The number of aliphatic hydroxyl groups is 2. The van der Waals surface area contributed by atoms with Crippen LogP contribution in [0, 0.1) is 11.8 Å². The van der Waals surface area contributed by atoms with Gasteiger partial charge in [0.2, 0.25) is 0 Å². The smallest absolute Gasteiger partial charge is 0.195 e.